The summed E-state index contributed by atoms with van der Waals surface area (Å²) < 4.78 is 5.88. The summed E-state index contributed by atoms with van der Waals surface area (Å²) in [6.45, 7) is 0.0900. The number of ether oxygens (including phenoxy) is 1. The minimum atomic E-state index is -0.726. The van der Waals surface area contributed by atoms with Gasteiger partial charge in [0, 0.05) is 5.56 Å². The summed E-state index contributed by atoms with van der Waals surface area (Å²) in [6.07, 6.45) is 4.67. The zero-order valence-corrected chi connectivity index (χ0v) is 11.9. The maximum Gasteiger partial charge on any atom is 0.273 e. The molecule has 0 saturated heterocycles. The van der Waals surface area contributed by atoms with Crippen LogP contribution in [0.2, 0.25) is 0 Å². The van der Waals surface area contributed by atoms with Crippen LogP contribution in [0.5, 0.6) is 5.75 Å². The number of carbonyl (C=O) groups excluding carboxylic acids is 1. The second kappa shape index (κ2) is 5.92. The van der Waals surface area contributed by atoms with Gasteiger partial charge in [-0.2, -0.15) is 0 Å². The molecule has 0 fully saturated rings. The predicted octanol–water partition coefficient (Wildman–Crippen LogP) is 2.28. The molecule has 1 amide bonds. The van der Waals surface area contributed by atoms with E-state index in [2.05, 4.69) is 5.92 Å². The van der Waals surface area contributed by atoms with Crippen LogP contribution in [0.3, 0.4) is 0 Å². The number of amides is 1. The molecule has 0 spiro atoms. The van der Waals surface area contributed by atoms with Gasteiger partial charge in [-0.25, -0.2) is 0 Å². The van der Waals surface area contributed by atoms with Crippen LogP contribution in [0.15, 0.2) is 48.5 Å². The molecule has 0 aromatic heterocycles. The van der Waals surface area contributed by atoms with Gasteiger partial charge in [0.25, 0.3) is 5.91 Å². The first-order valence-corrected chi connectivity index (χ1v) is 6.95. The Hall–Kier alpha value is -2.77. The lowest BCUT2D eigenvalue weighted by Crippen LogP contribution is -2.41. The second-order valence-corrected chi connectivity index (χ2v) is 5.00. The van der Waals surface area contributed by atoms with Gasteiger partial charge < -0.3 is 9.84 Å². The Labute approximate surface area is 129 Å². The monoisotopic (exact) mass is 293 g/mol. The van der Waals surface area contributed by atoms with Crippen LogP contribution in [-0.4, -0.2) is 17.6 Å². The van der Waals surface area contributed by atoms with E-state index in [1.165, 1.54) is 4.90 Å². The van der Waals surface area contributed by atoms with Gasteiger partial charge in [-0.15, -0.1) is 6.42 Å². The molecule has 0 radical (unpaired) electrons. The van der Waals surface area contributed by atoms with E-state index >= 15 is 0 Å². The van der Waals surface area contributed by atoms with Crippen molar-refractivity contribution in [2.24, 2.45) is 0 Å². The van der Waals surface area contributed by atoms with Crippen molar-refractivity contribution >= 4 is 11.6 Å². The van der Waals surface area contributed by atoms with Gasteiger partial charge in [-0.1, -0.05) is 42.3 Å². The molecule has 1 unspecified atom stereocenters. The smallest absolute Gasteiger partial charge is 0.273 e. The molecule has 0 bridgehead atoms. The highest BCUT2D eigenvalue weighted by Gasteiger charge is 2.35. The summed E-state index contributed by atoms with van der Waals surface area (Å²) in [7, 11) is 0. The fourth-order valence-electron chi connectivity index (χ4n) is 2.50. The number of terminal acetylenes is 1. The molecule has 1 heterocycles. The Bertz CT molecular complexity index is 734. The molecule has 4 heteroatoms. The maximum absolute atomic E-state index is 12.7. The number of hydrogen-bond donors (Lipinski definition) is 1. The number of aliphatic hydroxyl groups excluding tert-OH is 1. The third-order valence-corrected chi connectivity index (χ3v) is 3.58. The van der Waals surface area contributed by atoms with Crippen molar-refractivity contribution in [1.29, 1.82) is 0 Å². The Balaban J connectivity index is 2.06. The highest BCUT2D eigenvalue weighted by Crippen LogP contribution is 2.39. The zero-order valence-electron chi connectivity index (χ0n) is 11.9. The van der Waals surface area contributed by atoms with E-state index < -0.39 is 6.10 Å². The van der Waals surface area contributed by atoms with Gasteiger partial charge in [0.15, 0.2) is 0 Å². The van der Waals surface area contributed by atoms with Crippen molar-refractivity contribution in [3.8, 4) is 18.1 Å². The lowest BCUT2D eigenvalue weighted by atomic mass is 10.0. The third kappa shape index (κ3) is 2.43. The standard InChI is InChI=1S/C18H15NO3/c1-2-10-19-15-9-8-13(12-20)11-16(15)22-17(18(19)21)14-6-4-3-5-7-14/h1,3-9,11,17,20H,10,12H2. The number of rotatable bonds is 3. The predicted molar refractivity (Wildman–Crippen MR) is 83.4 cm³/mol. The molecule has 1 atom stereocenters. The van der Waals surface area contributed by atoms with Crippen LogP contribution < -0.4 is 9.64 Å². The molecule has 22 heavy (non-hydrogen) atoms. The van der Waals surface area contributed by atoms with E-state index in [1.54, 1.807) is 18.2 Å². The van der Waals surface area contributed by atoms with Crippen molar-refractivity contribution in [3.05, 3.63) is 59.7 Å². The number of hydrogen-bond acceptors (Lipinski definition) is 3. The van der Waals surface area contributed by atoms with Gasteiger partial charge in [0.2, 0.25) is 6.10 Å². The molecule has 0 saturated carbocycles. The molecular formula is C18H15NO3. The summed E-state index contributed by atoms with van der Waals surface area (Å²) in [6, 6.07) is 14.5. The third-order valence-electron chi connectivity index (χ3n) is 3.58. The molecule has 2 aromatic rings. The van der Waals surface area contributed by atoms with Crippen LogP contribution in [0.1, 0.15) is 17.2 Å². The van der Waals surface area contributed by atoms with Gasteiger partial charge in [-0.05, 0) is 17.7 Å². The maximum atomic E-state index is 12.7. The average Bonchev–Trinajstić information content (AvgIpc) is 2.57. The SMILES string of the molecule is C#CCN1C(=O)C(c2ccccc2)Oc2cc(CO)ccc21. The zero-order chi connectivity index (χ0) is 15.5. The van der Waals surface area contributed by atoms with Crippen molar-refractivity contribution < 1.29 is 14.6 Å². The molecule has 1 aliphatic rings. The van der Waals surface area contributed by atoms with E-state index in [1.807, 2.05) is 30.3 Å². The summed E-state index contributed by atoms with van der Waals surface area (Å²) in [5.41, 5.74) is 2.13. The molecule has 0 aliphatic carbocycles. The van der Waals surface area contributed by atoms with Gasteiger partial charge in [-0.3, -0.25) is 9.69 Å². The number of aliphatic hydroxyl groups is 1. The number of fused-ring (bicyclic) bond motifs is 1. The van der Waals surface area contributed by atoms with Crippen molar-refractivity contribution in [1.82, 2.24) is 0 Å². The number of anilines is 1. The van der Waals surface area contributed by atoms with Crippen LogP contribution in [0.4, 0.5) is 5.69 Å². The normalized spacial score (nSPS) is 16.6. The first kappa shape index (κ1) is 14.2. The molecule has 3 rings (SSSR count). The summed E-state index contributed by atoms with van der Waals surface area (Å²) in [5, 5.41) is 9.27. The molecular weight excluding hydrogens is 278 g/mol. The Morgan fingerprint density at radius 2 is 2.00 bits per heavy atom. The Morgan fingerprint density at radius 3 is 2.68 bits per heavy atom. The van der Waals surface area contributed by atoms with Gasteiger partial charge >= 0.3 is 0 Å². The van der Waals surface area contributed by atoms with Crippen LogP contribution >= 0.6 is 0 Å². The summed E-state index contributed by atoms with van der Waals surface area (Å²) >= 11 is 0. The lowest BCUT2D eigenvalue weighted by molar-refractivity contribution is -0.126. The van der Waals surface area contributed by atoms with E-state index in [0.29, 0.717) is 11.4 Å². The van der Waals surface area contributed by atoms with Crippen molar-refractivity contribution in [2.45, 2.75) is 12.7 Å². The average molecular weight is 293 g/mol. The van der Waals surface area contributed by atoms with Gasteiger partial charge in [0.1, 0.15) is 5.75 Å². The summed E-state index contributed by atoms with van der Waals surface area (Å²) in [4.78, 5) is 14.2. The minimum absolute atomic E-state index is 0.0876. The van der Waals surface area contributed by atoms with E-state index in [0.717, 1.165) is 11.1 Å². The number of nitrogens with zero attached hydrogens (tertiary/aromatic N) is 1. The Morgan fingerprint density at radius 1 is 1.23 bits per heavy atom. The van der Waals surface area contributed by atoms with Crippen LogP contribution in [-0.2, 0) is 11.4 Å². The quantitative estimate of drug-likeness (QED) is 0.883. The van der Waals surface area contributed by atoms with Crippen molar-refractivity contribution in [3.63, 3.8) is 0 Å². The number of carbonyl (C=O) groups is 1. The van der Waals surface area contributed by atoms with Crippen LogP contribution in [0.25, 0.3) is 0 Å². The fraction of sp³-hybridized carbons (Fsp3) is 0.167. The first-order chi connectivity index (χ1) is 10.7. The van der Waals surface area contributed by atoms with E-state index in [4.69, 9.17) is 11.2 Å². The molecule has 110 valence electrons. The largest absolute Gasteiger partial charge is 0.474 e. The fourth-order valence-corrected chi connectivity index (χ4v) is 2.50. The topological polar surface area (TPSA) is 49.8 Å². The Kier molecular flexibility index (Phi) is 3.82. The minimum Gasteiger partial charge on any atom is -0.474 e. The molecule has 1 N–H and O–H groups in total. The molecule has 4 nitrogen and oxygen atoms in total. The van der Waals surface area contributed by atoms with Crippen LogP contribution in [0, 0.1) is 12.3 Å². The summed E-state index contributed by atoms with van der Waals surface area (Å²) in [5.74, 6) is 2.87. The molecule has 1 aliphatic heterocycles. The lowest BCUT2D eigenvalue weighted by Gasteiger charge is -2.33. The van der Waals surface area contributed by atoms with Crippen molar-refractivity contribution in [2.75, 3.05) is 11.4 Å². The second-order valence-electron chi connectivity index (χ2n) is 5.00. The van der Waals surface area contributed by atoms with E-state index in [9.17, 15) is 9.90 Å². The molecule has 2 aromatic carbocycles. The van der Waals surface area contributed by atoms with E-state index in [-0.39, 0.29) is 19.1 Å². The first-order valence-electron chi connectivity index (χ1n) is 6.95. The number of benzene rings is 2. The highest BCUT2D eigenvalue weighted by molar-refractivity contribution is 6.01. The van der Waals surface area contributed by atoms with Gasteiger partial charge in [0.05, 0.1) is 18.8 Å². The highest BCUT2D eigenvalue weighted by atomic mass is 16.5.